The van der Waals surface area contributed by atoms with Gasteiger partial charge in [-0.05, 0) is 45.4 Å². The second-order valence-electron chi connectivity index (χ2n) is 7.81. The van der Waals surface area contributed by atoms with Crippen LogP contribution in [0.1, 0.15) is 47.1 Å². The van der Waals surface area contributed by atoms with Gasteiger partial charge in [0.05, 0.1) is 6.54 Å². The van der Waals surface area contributed by atoms with Crippen molar-refractivity contribution in [2.24, 2.45) is 4.99 Å². The number of hydrogen-bond donors (Lipinski definition) is 2. The molecule has 0 aromatic heterocycles. The van der Waals surface area contributed by atoms with Crippen LogP contribution < -0.4 is 20.1 Å². The van der Waals surface area contributed by atoms with Crippen LogP contribution in [0.4, 0.5) is 0 Å². The smallest absolute Gasteiger partial charge is 0.191 e. The minimum atomic E-state index is -0.101. The Morgan fingerprint density at radius 2 is 1.75 bits per heavy atom. The van der Waals surface area contributed by atoms with E-state index >= 15 is 0 Å². The molecule has 2 rings (SSSR count). The summed E-state index contributed by atoms with van der Waals surface area (Å²) in [4.78, 5) is 4.78. The first-order chi connectivity index (χ1) is 11.2. The van der Waals surface area contributed by atoms with Crippen molar-refractivity contribution in [2.75, 3.05) is 26.3 Å². The largest absolute Gasteiger partial charge is 0.486 e. The number of guanidine groups is 1. The van der Waals surface area contributed by atoms with Crippen molar-refractivity contribution in [2.45, 2.75) is 52.5 Å². The number of rotatable bonds is 4. The van der Waals surface area contributed by atoms with Crippen LogP contribution in [0.5, 0.6) is 11.5 Å². The molecule has 1 aliphatic rings. The van der Waals surface area contributed by atoms with Crippen molar-refractivity contribution < 1.29 is 9.47 Å². The first-order valence-electron chi connectivity index (χ1n) is 8.68. The summed E-state index contributed by atoms with van der Waals surface area (Å²) < 4.78 is 11.3. The minimum Gasteiger partial charge on any atom is -0.486 e. The average Bonchev–Trinajstić information content (AvgIpc) is 2.51. The monoisotopic (exact) mass is 333 g/mol. The number of nitrogens with zero attached hydrogens (tertiary/aromatic N) is 1. The third-order valence-corrected chi connectivity index (χ3v) is 3.79. The van der Waals surface area contributed by atoms with E-state index in [-0.39, 0.29) is 11.0 Å². The molecule has 5 heteroatoms. The summed E-state index contributed by atoms with van der Waals surface area (Å²) in [5, 5.41) is 6.73. The van der Waals surface area contributed by atoms with E-state index in [0.717, 1.165) is 24.0 Å². The lowest BCUT2D eigenvalue weighted by Crippen LogP contribution is -2.48. The van der Waals surface area contributed by atoms with Crippen molar-refractivity contribution in [3.63, 3.8) is 0 Å². The molecule has 0 unspecified atom stereocenters. The molecule has 1 aliphatic heterocycles. The quantitative estimate of drug-likeness (QED) is 0.657. The number of hydrogen-bond acceptors (Lipinski definition) is 3. The van der Waals surface area contributed by atoms with E-state index in [1.165, 1.54) is 5.56 Å². The van der Waals surface area contributed by atoms with Crippen molar-refractivity contribution in [1.82, 2.24) is 10.6 Å². The van der Waals surface area contributed by atoms with Crippen LogP contribution >= 0.6 is 0 Å². The molecular formula is C19H31N3O2. The molecule has 134 valence electrons. The molecular weight excluding hydrogens is 302 g/mol. The zero-order valence-electron chi connectivity index (χ0n) is 15.8. The standard InChI is InChI=1S/C19H31N3O2/c1-7-20-17(22-18(2,3)4)21-13-19(5,6)14-8-9-15-16(12-14)24-11-10-23-15/h8-9,12H,7,10-11,13H2,1-6H3,(H2,20,21,22). The van der Waals surface area contributed by atoms with Crippen molar-refractivity contribution in [1.29, 1.82) is 0 Å². The van der Waals surface area contributed by atoms with Crippen LogP contribution in [0, 0.1) is 0 Å². The van der Waals surface area contributed by atoms with Gasteiger partial charge in [-0.2, -0.15) is 0 Å². The van der Waals surface area contributed by atoms with Gasteiger partial charge in [0.25, 0.3) is 0 Å². The average molecular weight is 333 g/mol. The van der Waals surface area contributed by atoms with E-state index < -0.39 is 0 Å². The molecule has 1 heterocycles. The zero-order chi connectivity index (χ0) is 17.8. The molecule has 0 amide bonds. The summed E-state index contributed by atoms with van der Waals surface area (Å²) in [6, 6.07) is 6.18. The third-order valence-electron chi connectivity index (χ3n) is 3.79. The second-order valence-corrected chi connectivity index (χ2v) is 7.81. The maximum atomic E-state index is 5.70. The zero-order valence-corrected chi connectivity index (χ0v) is 15.8. The predicted molar refractivity (Wildman–Crippen MR) is 99.3 cm³/mol. The fraction of sp³-hybridized carbons (Fsp3) is 0.632. The number of fused-ring (bicyclic) bond motifs is 1. The predicted octanol–water partition coefficient (Wildman–Crippen LogP) is 3.09. The Hall–Kier alpha value is -1.91. The molecule has 0 radical (unpaired) electrons. The van der Waals surface area contributed by atoms with Gasteiger partial charge in [0.1, 0.15) is 13.2 Å². The van der Waals surface area contributed by atoms with Gasteiger partial charge in [-0.3, -0.25) is 4.99 Å². The highest BCUT2D eigenvalue weighted by molar-refractivity contribution is 5.80. The fourth-order valence-electron chi connectivity index (χ4n) is 2.49. The fourth-order valence-corrected chi connectivity index (χ4v) is 2.49. The molecule has 2 N–H and O–H groups in total. The molecule has 5 nitrogen and oxygen atoms in total. The number of nitrogens with one attached hydrogen (secondary N) is 2. The van der Waals surface area contributed by atoms with E-state index in [1.54, 1.807) is 0 Å². The molecule has 0 saturated carbocycles. The highest BCUT2D eigenvalue weighted by atomic mass is 16.6. The lowest BCUT2D eigenvalue weighted by molar-refractivity contribution is 0.171. The third kappa shape index (κ3) is 5.05. The van der Waals surface area contributed by atoms with E-state index in [9.17, 15) is 0 Å². The molecule has 0 atom stereocenters. The summed E-state index contributed by atoms with van der Waals surface area (Å²) in [5.74, 6) is 2.50. The van der Waals surface area contributed by atoms with Crippen LogP contribution in [0.15, 0.2) is 23.2 Å². The van der Waals surface area contributed by atoms with Crippen molar-refractivity contribution in [3.05, 3.63) is 23.8 Å². The van der Waals surface area contributed by atoms with Gasteiger partial charge in [-0.25, -0.2) is 0 Å². The van der Waals surface area contributed by atoms with E-state index in [2.05, 4.69) is 64.3 Å². The summed E-state index contributed by atoms with van der Waals surface area (Å²) in [7, 11) is 0. The molecule has 1 aromatic rings. The van der Waals surface area contributed by atoms with Crippen LogP contribution in [0.25, 0.3) is 0 Å². The maximum absolute atomic E-state index is 5.70. The molecule has 0 aliphatic carbocycles. The van der Waals surface area contributed by atoms with Gasteiger partial charge in [0.15, 0.2) is 17.5 Å². The van der Waals surface area contributed by atoms with E-state index in [1.807, 2.05) is 6.07 Å². The summed E-state index contributed by atoms with van der Waals surface area (Å²) in [5.41, 5.74) is 1.07. The Bertz CT molecular complexity index is 589. The van der Waals surface area contributed by atoms with E-state index in [0.29, 0.717) is 19.8 Å². The van der Waals surface area contributed by atoms with Gasteiger partial charge in [-0.1, -0.05) is 19.9 Å². The van der Waals surface area contributed by atoms with Gasteiger partial charge in [0.2, 0.25) is 0 Å². The molecule has 0 saturated heterocycles. The Balaban J connectivity index is 2.15. The summed E-state index contributed by atoms with van der Waals surface area (Å²) in [6.45, 7) is 15.6. The maximum Gasteiger partial charge on any atom is 0.191 e. The Morgan fingerprint density at radius 3 is 2.38 bits per heavy atom. The van der Waals surface area contributed by atoms with Gasteiger partial charge in [-0.15, -0.1) is 0 Å². The highest BCUT2D eigenvalue weighted by Crippen LogP contribution is 2.35. The molecule has 24 heavy (non-hydrogen) atoms. The SMILES string of the molecule is CCNC(=NCC(C)(C)c1ccc2c(c1)OCCO2)NC(C)(C)C. The summed E-state index contributed by atoms with van der Waals surface area (Å²) in [6.07, 6.45) is 0. The number of ether oxygens (including phenoxy) is 2. The van der Waals surface area contributed by atoms with Crippen molar-refractivity contribution >= 4 is 5.96 Å². The topological polar surface area (TPSA) is 54.9 Å². The van der Waals surface area contributed by atoms with Crippen LogP contribution in [-0.4, -0.2) is 37.8 Å². The Labute approximate surface area is 145 Å². The number of benzene rings is 1. The van der Waals surface area contributed by atoms with Gasteiger partial charge in [0, 0.05) is 17.5 Å². The van der Waals surface area contributed by atoms with Crippen LogP contribution in [0.2, 0.25) is 0 Å². The summed E-state index contributed by atoms with van der Waals surface area (Å²) >= 11 is 0. The second kappa shape index (κ2) is 7.32. The molecule has 0 fully saturated rings. The van der Waals surface area contributed by atoms with E-state index in [4.69, 9.17) is 14.5 Å². The molecule has 0 bridgehead atoms. The molecule has 1 aromatic carbocycles. The first-order valence-corrected chi connectivity index (χ1v) is 8.68. The lowest BCUT2D eigenvalue weighted by Gasteiger charge is -2.28. The number of aliphatic imine (C=N–C) groups is 1. The lowest BCUT2D eigenvalue weighted by atomic mass is 9.84. The van der Waals surface area contributed by atoms with Crippen molar-refractivity contribution in [3.8, 4) is 11.5 Å². The Morgan fingerprint density at radius 1 is 1.08 bits per heavy atom. The van der Waals surface area contributed by atoms with Crippen LogP contribution in [0.3, 0.4) is 0 Å². The Kier molecular flexibility index (Phi) is 5.62. The minimum absolute atomic E-state index is 0.0257. The van der Waals surface area contributed by atoms with Gasteiger partial charge >= 0.3 is 0 Å². The normalized spacial score (nSPS) is 15.2. The van der Waals surface area contributed by atoms with Gasteiger partial charge < -0.3 is 20.1 Å². The first kappa shape index (κ1) is 18.4. The highest BCUT2D eigenvalue weighted by Gasteiger charge is 2.24. The molecule has 0 spiro atoms. The van der Waals surface area contributed by atoms with Crippen LogP contribution in [-0.2, 0) is 5.41 Å².